The van der Waals surface area contributed by atoms with E-state index in [1.807, 2.05) is 0 Å². The number of benzene rings is 1. The van der Waals surface area contributed by atoms with Crippen LogP contribution in [0.5, 0.6) is 0 Å². The minimum Gasteiger partial charge on any atom is -0.466 e. The molecule has 3 aliphatic heterocycles. The van der Waals surface area contributed by atoms with Crippen molar-refractivity contribution in [3.8, 4) is 0 Å². The number of carbonyl (C=O) groups is 1. The number of piperidine rings is 1. The van der Waals surface area contributed by atoms with E-state index in [-0.39, 0.29) is 40.5 Å². The van der Waals surface area contributed by atoms with Gasteiger partial charge in [0.1, 0.15) is 21.8 Å². The molecular formula is C26H28ClFN6O4S2. The Bertz CT molecular complexity index is 1540. The van der Waals surface area contributed by atoms with E-state index in [2.05, 4.69) is 15.4 Å². The number of sulfonamides is 1. The molecule has 1 aromatic heterocycles. The number of thioether (sulfide) groups is 1. The van der Waals surface area contributed by atoms with Crippen LogP contribution in [0.25, 0.3) is 0 Å². The minimum atomic E-state index is -3.70. The van der Waals surface area contributed by atoms with E-state index in [9.17, 15) is 17.6 Å². The number of nitrogens with one attached hydrogen (secondary N) is 1. The lowest BCUT2D eigenvalue weighted by Gasteiger charge is -2.36. The highest BCUT2D eigenvalue weighted by Crippen LogP contribution is 2.40. The summed E-state index contributed by atoms with van der Waals surface area (Å²) in [6.45, 7) is 1.19. The number of esters is 1. The molecule has 1 saturated carbocycles. The van der Waals surface area contributed by atoms with Gasteiger partial charge in [-0.05, 0) is 37.8 Å². The second-order valence-electron chi connectivity index (χ2n) is 10.1. The van der Waals surface area contributed by atoms with Crippen LogP contribution in [0.3, 0.4) is 0 Å². The van der Waals surface area contributed by atoms with Gasteiger partial charge in [0, 0.05) is 53.8 Å². The van der Waals surface area contributed by atoms with Crippen LogP contribution < -0.4 is 5.32 Å². The van der Waals surface area contributed by atoms with Crippen molar-refractivity contribution in [2.45, 2.75) is 42.7 Å². The van der Waals surface area contributed by atoms with Gasteiger partial charge in [0.15, 0.2) is 5.84 Å². The summed E-state index contributed by atoms with van der Waals surface area (Å²) >= 11 is 8.01. The Morgan fingerprint density at radius 1 is 1.23 bits per heavy atom. The van der Waals surface area contributed by atoms with Crippen molar-refractivity contribution in [2.24, 2.45) is 15.9 Å². The number of ether oxygens (including phenoxy) is 1. The minimum absolute atomic E-state index is 0.143. The predicted molar refractivity (Wildman–Crippen MR) is 151 cm³/mol. The lowest BCUT2D eigenvalue weighted by atomic mass is 9.86. The summed E-state index contributed by atoms with van der Waals surface area (Å²) in [7, 11) is -2.41. The van der Waals surface area contributed by atoms with Gasteiger partial charge in [-0.15, -0.1) is 11.8 Å². The third kappa shape index (κ3) is 5.19. The zero-order valence-corrected chi connectivity index (χ0v) is 24.1. The highest BCUT2D eigenvalue weighted by Gasteiger charge is 2.40. The van der Waals surface area contributed by atoms with Crippen molar-refractivity contribution < 1.29 is 22.3 Å². The molecule has 0 radical (unpaired) electrons. The fraction of sp³-hybridized carbons (Fsp3) is 0.462. The molecule has 0 bridgehead atoms. The number of halogens is 2. The number of hydrogen-bond acceptors (Lipinski definition) is 9. The van der Waals surface area contributed by atoms with Crippen LogP contribution >= 0.6 is 23.4 Å². The summed E-state index contributed by atoms with van der Waals surface area (Å²) in [6.07, 6.45) is 5.99. The quantitative estimate of drug-likeness (QED) is 0.477. The second-order valence-corrected chi connectivity index (χ2v) is 13.5. The molecule has 10 nitrogen and oxygen atoms in total. The number of nitrogens with zero attached hydrogens (tertiary/aromatic N) is 5. The first kappa shape index (κ1) is 27.4. The number of hydrogen-bond donors (Lipinski definition) is 1. The van der Waals surface area contributed by atoms with E-state index >= 15 is 0 Å². The number of carbonyl (C=O) groups excluding carboxylic acids is 1. The normalized spacial score (nSPS) is 22.6. The molecule has 1 unspecified atom stereocenters. The van der Waals surface area contributed by atoms with Gasteiger partial charge in [0.25, 0.3) is 0 Å². The van der Waals surface area contributed by atoms with Gasteiger partial charge in [-0.3, -0.25) is 14.7 Å². The molecule has 1 atom stereocenters. The number of methoxy groups -OCH3 is 1. The van der Waals surface area contributed by atoms with Crippen LogP contribution in [0.4, 0.5) is 4.39 Å². The van der Waals surface area contributed by atoms with Crippen molar-refractivity contribution in [2.75, 3.05) is 32.5 Å². The monoisotopic (exact) mass is 606 g/mol. The zero-order chi connectivity index (χ0) is 28.0. The smallest absolute Gasteiger partial charge is 0.338 e. The van der Waals surface area contributed by atoms with Gasteiger partial charge < -0.3 is 10.1 Å². The summed E-state index contributed by atoms with van der Waals surface area (Å²) in [5.41, 5.74) is 1.35. The van der Waals surface area contributed by atoms with Crippen molar-refractivity contribution in [1.82, 2.24) is 19.4 Å². The van der Waals surface area contributed by atoms with E-state index in [1.165, 1.54) is 35.8 Å². The molecular weight excluding hydrogens is 579 g/mol. The Labute approximate surface area is 240 Å². The van der Waals surface area contributed by atoms with Crippen LogP contribution in [0, 0.1) is 11.7 Å². The average Bonchev–Trinajstić information content (AvgIpc) is 3.42. The Morgan fingerprint density at radius 2 is 2.00 bits per heavy atom. The van der Waals surface area contributed by atoms with Crippen LogP contribution in [-0.4, -0.2) is 71.8 Å². The maximum atomic E-state index is 13.9. The van der Waals surface area contributed by atoms with Gasteiger partial charge in [-0.25, -0.2) is 17.6 Å². The number of aromatic nitrogens is 2. The third-order valence-electron chi connectivity index (χ3n) is 7.52. The highest BCUT2D eigenvalue weighted by molar-refractivity contribution is 8.16. The number of amidine groups is 1. The maximum Gasteiger partial charge on any atom is 0.338 e. The highest BCUT2D eigenvalue weighted by atomic mass is 35.5. The van der Waals surface area contributed by atoms with Crippen LogP contribution in [-0.2, 0) is 19.6 Å². The maximum absolute atomic E-state index is 13.9. The number of rotatable bonds is 7. The summed E-state index contributed by atoms with van der Waals surface area (Å²) in [4.78, 5) is 22.8. The number of allylic oxidation sites excluding steroid dienone is 1. The molecule has 0 amide bonds. The average molecular weight is 607 g/mol. The largest absolute Gasteiger partial charge is 0.466 e. The Balaban J connectivity index is 1.32. The van der Waals surface area contributed by atoms with E-state index in [0.717, 1.165) is 23.6 Å². The molecule has 4 heterocycles. The first-order chi connectivity index (χ1) is 19.3. The molecule has 1 saturated heterocycles. The zero-order valence-electron chi connectivity index (χ0n) is 21.7. The van der Waals surface area contributed by atoms with Gasteiger partial charge in [0.2, 0.25) is 10.0 Å². The summed E-state index contributed by atoms with van der Waals surface area (Å²) < 4.78 is 49.0. The summed E-state index contributed by atoms with van der Waals surface area (Å²) in [6, 6.07) is 3.45. The molecule has 2 fully saturated rings. The standard InChI is InChI=1S/C26H28ClFN6O4S2/c1-38-26(35)21-22(15-6-9-33(10-7-15)40(36,37)18-13-30-34(14-18)17-3-4-17)31-24(25-29-8-11-39-25)32-23(21)19-5-2-16(28)12-20(19)27/h2,5,12-15,17,23H,3-4,6-11H2,1H3,(H,31,32). The van der Waals surface area contributed by atoms with E-state index in [0.29, 0.717) is 36.5 Å². The molecule has 6 rings (SSSR count). The molecule has 212 valence electrons. The van der Waals surface area contributed by atoms with E-state index < -0.39 is 27.9 Å². The molecule has 2 aromatic rings. The molecule has 4 aliphatic rings. The van der Waals surface area contributed by atoms with Crippen LogP contribution in [0.1, 0.15) is 43.3 Å². The predicted octanol–water partition coefficient (Wildman–Crippen LogP) is 3.73. The van der Waals surface area contributed by atoms with Gasteiger partial charge in [-0.2, -0.15) is 9.40 Å². The lowest BCUT2D eigenvalue weighted by Crippen LogP contribution is -2.44. The van der Waals surface area contributed by atoms with Gasteiger partial charge in [-0.1, -0.05) is 17.7 Å². The fourth-order valence-electron chi connectivity index (χ4n) is 5.28. The van der Waals surface area contributed by atoms with E-state index in [1.54, 1.807) is 22.6 Å². The lowest BCUT2D eigenvalue weighted by molar-refractivity contribution is -0.136. The summed E-state index contributed by atoms with van der Waals surface area (Å²) in [5.74, 6) is 0.0584. The SMILES string of the molecule is COC(=O)C1=C(C2CCN(S(=O)(=O)c3cnn(C4CC4)c3)CC2)NC(C2=NCCS2)=NC1c1ccc(F)cc1Cl. The Hall–Kier alpha value is -2.74. The number of aliphatic imine (C=N–C) groups is 2. The van der Waals surface area contributed by atoms with E-state index in [4.69, 9.17) is 21.3 Å². The molecule has 40 heavy (non-hydrogen) atoms. The summed E-state index contributed by atoms with van der Waals surface area (Å²) in [5, 5.41) is 8.45. The molecule has 1 aliphatic carbocycles. The first-order valence-corrected chi connectivity index (χ1v) is 15.9. The molecule has 1 N–H and O–H groups in total. The molecule has 14 heteroatoms. The second kappa shape index (κ2) is 10.9. The fourth-order valence-corrected chi connectivity index (χ4v) is 7.76. The first-order valence-electron chi connectivity index (χ1n) is 13.1. The van der Waals surface area contributed by atoms with Crippen LogP contribution in [0.2, 0.25) is 5.02 Å². The van der Waals surface area contributed by atoms with Crippen molar-refractivity contribution in [1.29, 1.82) is 0 Å². The van der Waals surface area contributed by atoms with Crippen molar-refractivity contribution >= 4 is 50.2 Å². The third-order valence-corrected chi connectivity index (χ3v) is 10.7. The van der Waals surface area contributed by atoms with Gasteiger partial charge in [0.05, 0.1) is 24.9 Å². The molecule has 0 spiro atoms. The van der Waals surface area contributed by atoms with Crippen LogP contribution in [0.15, 0.2) is 56.7 Å². The Morgan fingerprint density at radius 3 is 2.65 bits per heavy atom. The molecule has 1 aromatic carbocycles. The van der Waals surface area contributed by atoms with Gasteiger partial charge >= 0.3 is 5.97 Å². The Kier molecular flexibility index (Phi) is 7.49. The van der Waals surface area contributed by atoms with Crippen molar-refractivity contribution in [3.05, 3.63) is 58.3 Å². The van der Waals surface area contributed by atoms with Crippen molar-refractivity contribution in [3.63, 3.8) is 0 Å². The topological polar surface area (TPSA) is 118 Å².